The summed E-state index contributed by atoms with van der Waals surface area (Å²) >= 11 is 0. The van der Waals surface area contributed by atoms with Crippen LogP contribution in [0.1, 0.15) is 66.5 Å². The molecule has 1 aliphatic carbocycles. The number of carbonyl (C=O) groups excluding carboxylic acids is 1. The maximum absolute atomic E-state index is 14.4. The van der Waals surface area contributed by atoms with E-state index in [9.17, 15) is 4.79 Å². The van der Waals surface area contributed by atoms with Crippen LogP contribution in [0.25, 0.3) is 0 Å². The summed E-state index contributed by atoms with van der Waals surface area (Å²) in [5, 5.41) is 0. The van der Waals surface area contributed by atoms with Gasteiger partial charge in [-0.25, -0.2) is 0 Å². The van der Waals surface area contributed by atoms with E-state index in [2.05, 4.69) is 61.2 Å². The van der Waals surface area contributed by atoms with Crippen LogP contribution >= 0.6 is 0 Å². The molecule has 1 aliphatic rings. The lowest BCUT2D eigenvalue weighted by atomic mass is 9.81. The molecular weight excluding hydrogens is 494 g/mol. The fraction of sp³-hybridized carbons (Fsp3) is 0.314. The Morgan fingerprint density at radius 1 is 0.900 bits per heavy atom. The van der Waals surface area contributed by atoms with Gasteiger partial charge in [0.05, 0.1) is 24.3 Å². The molecule has 0 saturated heterocycles. The Bertz CT molecular complexity index is 1410. The molecule has 5 nitrogen and oxygen atoms in total. The SMILES string of the molecule is CC(C)c1ccc(N(Cc2ccc(N(C)C)cc2)C(=O)C2CCCc3c(OCc4ccccc4)cccc32)cn1. The highest BCUT2D eigenvalue weighted by Gasteiger charge is 2.32. The van der Waals surface area contributed by atoms with Crippen LogP contribution in [-0.4, -0.2) is 25.0 Å². The molecule has 3 aromatic carbocycles. The van der Waals surface area contributed by atoms with E-state index in [1.165, 1.54) is 0 Å². The number of carbonyl (C=O) groups is 1. The second kappa shape index (κ2) is 12.4. The number of anilines is 2. The summed E-state index contributed by atoms with van der Waals surface area (Å²) in [6.07, 6.45) is 4.54. The molecule has 1 amide bonds. The van der Waals surface area contributed by atoms with Crippen molar-refractivity contribution in [2.75, 3.05) is 23.9 Å². The molecule has 1 atom stereocenters. The number of nitrogens with zero attached hydrogens (tertiary/aromatic N) is 3. The maximum Gasteiger partial charge on any atom is 0.234 e. The van der Waals surface area contributed by atoms with Crippen molar-refractivity contribution in [2.24, 2.45) is 0 Å². The van der Waals surface area contributed by atoms with Crippen molar-refractivity contribution in [3.63, 3.8) is 0 Å². The van der Waals surface area contributed by atoms with Crippen LogP contribution in [0.3, 0.4) is 0 Å². The van der Waals surface area contributed by atoms with Crippen molar-refractivity contribution < 1.29 is 9.53 Å². The molecule has 0 radical (unpaired) electrons. The first-order chi connectivity index (χ1) is 19.4. The Morgan fingerprint density at radius 2 is 1.65 bits per heavy atom. The highest BCUT2D eigenvalue weighted by atomic mass is 16.5. The van der Waals surface area contributed by atoms with Crippen LogP contribution in [0, 0.1) is 0 Å². The monoisotopic (exact) mass is 533 g/mol. The number of fused-ring (bicyclic) bond motifs is 1. The van der Waals surface area contributed by atoms with E-state index in [0.29, 0.717) is 19.1 Å². The summed E-state index contributed by atoms with van der Waals surface area (Å²) in [5.41, 5.74) is 7.45. The van der Waals surface area contributed by atoms with Crippen LogP contribution < -0.4 is 14.5 Å². The molecule has 1 unspecified atom stereocenters. The highest BCUT2D eigenvalue weighted by Crippen LogP contribution is 2.39. The molecule has 0 spiro atoms. The van der Waals surface area contributed by atoms with Crippen molar-refractivity contribution >= 4 is 17.3 Å². The molecule has 0 bridgehead atoms. The Labute approximate surface area is 238 Å². The largest absolute Gasteiger partial charge is 0.489 e. The van der Waals surface area contributed by atoms with Crippen molar-refractivity contribution in [2.45, 2.75) is 58.1 Å². The van der Waals surface area contributed by atoms with E-state index in [1.54, 1.807) is 0 Å². The average Bonchev–Trinajstić information content (AvgIpc) is 2.99. The Hall–Kier alpha value is -4.12. The molecule has 1 heterocycles. The Kier molecular flexibility index (Phi) is 8.49. The summed E-state index contributed by atoms with van der Waals surface area (Å²) < 4.78 is 6.29. The van der Waals surface area contributed by atoms with E-state index < -0.39 is 0 Å². The van der Waals surface area contributed by atoms with Gasteiger partial charge >= 0.3 is 0 Å². The van der Waals surface area contributed by atoms with Gasteiger partial charge in [0, 0.05) is 25.5 Å². The zero-order chi connectivity index (χ0) is 28.1. The van der Waals surface area contributed by atoms with Crippen LogP contribution in [0.15, 0.2) is 91.1 Å². The third-order valence-electron chi connectivity index (χ3n) is 7.73. The van der Waals surface area contributed by atoms with Crippen LogP contribution in [0.4, 0.5) is 11.4 Å². The van der Waals surface area contributed by atoms with Crippen molar-refractivity contribution in [3.05, 3.63) is 119 Å². The van der Waals surface area contributed by atoms with Gasteiger partial charge in [0.1, 0.15) is 12.4 Å². The molecule has 1 aromatic heterocycles. The predicted molar refractivity (Wildman–Crippen MR) is 163 cm³/mol. The van der Waals surface area contributed by atoms with Gasteiger partial charge in [-0.15, -0.1) is 0 Å². The van der Waals surface area contributed by atoms with E-state index in [1.807, 2.05) is 67.7 Å². The van der Waals surface area contributed by atoms with Crippen LogP contribution in [0.2, 0.25) is 0 Å². The fourth-order valence-electron chi connectivity index (χ4n) is 5.41. The van der Waals surface area contributed by atoms with E-state index in [4.69, 9.17) is 9.72 Å². The van der Waals surface area contributed by atoms with Gasteiger partial charge in [-0.1, -0.05) is 68.4 Å². The number of ether oxygens (including phenoxy) is 1. The van der Waals surface area contributed by atoms with Crippen LogP contribution in [-0.2, 0) is 24.4 Å². The molecular formula is C35H39N3O2. The molecule has 40 heavy (non-hydrogen) atoms. The minimum absolute atomic E-state index is 0.108. The maximum atomic E-state index is 14.4. The smallest absolute Gasteiger partial charge is 0.234 e. The minimum Gasteiger partial charge on any atom is -0.489 e. The average molecular weight is 534 g/mol. The van der Waals surface area contributed by atoms with E-state index >= 15 is 0 Å². The molecule has 0 fully saturated rings. The first-order valence-corrected chi connectivity index (χ1v) is 14.2. The minimum atomic E-state index is -0.227. The number of amides is 1. The van der Waals surface area contributed by atoms with Gasteiger partial charge in [-0.3, -0.25) is 9.78 Å². The molecule has 4 aromatic rings. The molecule has 206 valence electrons. The first kappa shape index (κ1) is 27.4. The number of pyridine rings is 1. The third-order valence-corrected chi connectivity index (χ3v) is 7.73. The highest BCUT2D eigenvalue weighted by molar-refractivity contribution is 5.98. The molecule has 0 saturated carbocycles. The van der Waals surface area contributed by atoms with Crippen molar-refractivity contribution in [1.29, 1.82) is 0 Å². The Morgan fingerprint density at radius 3 is 2.33 bits per heavy atom. The number of hydrogen-bond donors (Lipinski definition) is 0. The summed E-state index contributed by atoms with van der Waals surface area (Å²) in [5.74, 6) is 1.09. The normalized spacial score (nSPS) is 14.5. The summed E-state index contributed by atoms with van der Waals surface area (Å²) in [6.45, 7) is 5.27. The van der Waals surface area contributed by atoms with Gasteiger partial charge in [-0.2, -0.15) is 0 Å². The second-order valence-electron chi connectivity index (χ2n) is 11.1. The van der Waals surface area contributed by atoms with Crippen molar-refractivity contribution in [3.8, 4) is 5.75 Å². The molecule has 5 heteroatoms. The van der Waals surface area contributed by atoms with E-state index in [0.717, 1.165) is 64.3 Å². The molecule has 5 rings (SSSR count). The molecule has 0 aliphatic heterocycles. The van der Waals surface area contributed by atoms with Crippen LogP contribution in [0.5, 0.6) is 5.75 Å². The third kappa shape index (κ3) is 6.20. The Balaban J connectivity index is 1.44. The first-order valence-electron chi connectivity index (χ1n) is 14.2. The fourth-order valence-corrected chi connectivity index (χ4v) is 5.41. The quantitative estimate of drug-likeness (QED) is 0.223. The van der Waals surface area contributed by atoms with E-state index in [-0.39, 0.29) is 11.8 Å². The van der Waals surface area contributed by atoms with Gasteiger partial charge < -0.3 is 14.5 Å². The zero-order valence-electron chi connectivity index (χ0n) is 24.0. The lowest BCUT2D eigenvalue weighted by Crippen LogP contribution is -2.36. The number of benzene rings is 3. The van der Waals surface area contributed by atoms with Gasteiger partial charge in [-0.05, 0) is 77.8 Å². The second-order valence-corrected chi connectivity index (χ2v) is 11.1. The predicted octanol–water partition coefficient (Wildman–Crippen LogP) is 7.50. The summed E-state index contributed by atoms with van der Waals surface area (Å²) in [4.78, 5) is 23.1. The van der Waals surface area contributed by atoms with Gasteiger partial charge in [0.15, 0.2) is 0 Å². The molecule has 0 N–H and O–H groups in total. The number of hydrogen-bond acceptors (Lipinski definition) is 4. The topological polar surface area (TPSA) is 45.7 Å². The summed E-state index contributed by atoms with van der Waals surface area (Å²) in [7, 11) is 4.07. The lowest BCUT2D eigenvalue weighted by Gasteiger charge is -2.32. The zero-order valence-corrected chi connectivity index (χ0v) is 24.0. The number of rotatable bonds is 9. The van der Waals surface area contributed by atoms with Crippen molar-refractivity contribution in [1.82, 2.24) is 4.98 Å². The van der Waals surface area contributed by atoms with Gasteiger partial charge in [0.2, 0.25) is 5.91 Å². The van der Waals surface area contributed by atoms with Gasteiger partial charge in [0.25, 0.3) is 0 Å². The summed E-state index contributed by atoms with van der Waals surface area (Å²) in [6, 6.07) is 28.9. The lowest BCUT2D eigenvalue weighted by molar-refractivity contribution is -0.120. The number of aromatic nitrogens is 1. The standard InChI is InChI=1S/C35H39N3O2/c1-25(2)33-21-20-29(22-36-33)38(23-26-16-18-28(19-17-26)37(3)4)35(39)32-14-8-13-31-30(32)12-9-15-34(31)40-24-27-10-6-5-7-11-27/h5-7,9-12,15-22,25,32H,8,13-14,23-24H2,1-4H3.